The predicted molar refractivity (Wildman–Crippen MR) is 70.3 cm³/mol. The maximum absolute atomic E-state index is 5.75. The van der Waals surface area contributed by atoms with Gasteiger partial charge in [0.15, 0.2) is 5.65 Å². The molecule has 3 aromatic rings. The quantitative estimate of drug-likeness (QED) is 0.720. The summed E-state index contributed by atoms with van der Waals surface area (Å²) in [4.78, 5) is 4.17. The Balaban J connectivity index is 2.15. The van der Waals surface area contributed by atoms with E-state index in [2.05, 4.69) is 15.2 Å². The summed E-state index contributed by atoms with van der Waals surface area (Å²) in [6.07, 6.45) is 1.60. The molecule has 3 N–H and O–H groups in total. The average Bonchev–Trinajstić information content (AvgIpc) is 2.82. The zero-order valence-corrected chi connectivity index (χ0v) is 9.84. The lowest BCUT2D eigenvalue weighted by Crippen LogP contribution is -1.86. The lowest BCUT2D eigenvalue weighted by atomic mass is 10.1. The van der Waals surface area contributed by atoms with Gasteiger partial charge in [-0.15, -0.1) is 0 Å². The number of methoxy groups -OCH3 is 1. The van der Waals surface area contributed by atoms with E-state index in [0.717, 1.165) is 22.4 Å². The predicted octanol–water partition coefficient (Wildman–Crippen LogP) is 2.22. The van der Waals surface area contributed by atoms with E-state index in [0.29, 0.717) is 11.3 Å². The van der Waals surface area contributed by atoms with Crippen molar-refractivity contribution in [2.75, 3.05) is 12.8 Å². The normalized spacial score (nSPS) is 10.7. The van der Waals surface area contributed by atoms with E-state index in [1.807, 2.05) is 30.3 Å². The molecule has 5 nitrogen and oxygen atoms in total. The highest BCUT2D eigenvalue weighted by molar-refractivity contribution is 5.92. The van der Waals surface area contributed by atoms with Crippen LogP contribution in [0.3, 0.4) is 0 Å². The minimum absolute atomic E-state index is 0.624. The van der Waals surface area contributed by atoms with Crippen molar-refractivity contribution in [2.45, 2.75) is 0 Å². The van der Waals surface area contributed by atoms with Crippen LogP contribution in [-0.2, 0) is 0 Å². The van der Waals surface area contributed by atoms with Crippen molar-refractivity contribution < 1.29 is 4.74 Å². The zero-order valence-electron chi connectivity index (χ0n) is 9.84. The SMILES string of the molecule is COc1ccc(-c2[nH]nc3ncc(N)cc23)cc1. The summed E-state index contributed by atoms with van der Waals surface area (Å²) >= 11 is 0. The van der Waals surface area contributed by atoms with Gasteiger partial charge in [0, 0.05) is 10.9 Å². The van der Waals surface area contributed by atoms with Gasteiger partial charge in [-0.05, 0) is 30.3 Å². The number of H-pyrrole nitrogens is 1. The van der Waals surface area contributed by atoms with Crippen LogP contribution in [-0.4, -0.2) is 22.3 Å². The van der Waals surface area contributed by atoms with Gasteiger partial charge in [0.2, 0.25) is 0 Å². The molecule has 0 saturated heterocycles. The van der Waals surface area contributed by atoms with E-state index < -0.39 is 0 Å². The molecule has 0 bridgehead atoms. The molecule has 3 rings (SSSR count). The monoisotopic (exact) mass is 240 g/mol. The minimum Gasteiger partial charge on any atom is -0.497 e. The molecule has 0 spiro atoms. The molecule has 0 amide bonds. The molecule has 0 aliphatic heterocycles. The van der Waals surface area contributed by atoms with Crippen molar-refractivity contribution in [3.8, 4) is 17.0 Å². The Morgan fingerprint density at radius 1 is 1.22 bits per heavy atom. The molecule has 0 aliphatic carbocycles. The molecule has 0 fully saturated rings. The van der Waals surface area contributed by atoms with Crippen LogP contribution in [0.4, 0.5) is 5.69 Å². The summed E-state index contributed by atoms with van der Waals surface area (Å²) in [6.45, 7) is 0. The van der Waals surface area contributed by atoms with Crippen molar-refractivity contribution >= 4 is 16.7 Å². The molecule has 0 saturated carbocycles. The number of aromatic nitrogens is 3. The van der Waals surface area contributed by atoms with Crippen molar-refractivity contribution in [3.05, 3.63) is 36.5 Å². The number of fused-ring (bicyclic) bond motifs is 1. The second-order valence-electron chi connectivity index (χ2n) is 3.97. The van der Waals surface area contributed by atoms with Crippen LogP contribution in [0.2, 0.25) is 0 Å². The number of pyridine rings is 1. The Morgan fingerprint density at radius 2 is 2.00 bits per heavy atom. The highest BCUT2D eigenvalue weighted by Gasteiger charge is 2.08. The summed E-state index contributed by atoms with van der Waals surface area (Å²) in [7, 11) is 1.64. The molecule has 0 radical (unpaired) electrons. The number of anilines is 1. The highest BCUT2D eigenvalue weighted by Crippen LogP contribution is 2.27. The first-order chi connectivity index (χ1) is 8.78. The van der Waals surface area contributed by atoms with Crippen LogP contribution >= 0.6 is 0 Å². The Hall–Kier alpha value is -2.56. The van der Waals surface area contributed by atoms with Gasteiger partial charge in [0.25, 0.3) is 0 Å². The fraction of sp³-hybridized carbons (Fsp3) is 0.0769. The first-order valence-corrected chi connectivity index (χ1v) is 5.52. The van der Waals surface area contributed by atoms with E-state index >= 15 is 0 Å². The first-order valence-electron chi connectivity index (χ1n) is 5.52. The molecule has 2 heterocycles. The van der Waals surface area contributed by atoms with Crippen molar-refractivity contribution in [1.82, 2.24) is 15.2 Å². The van der Waals surface area contributed by atoms with Crippen LogP contribution in [0, 0.1) is 0 Å². The largest absolute Gasteiger partial charge is 0.497 e. The van der Waals surface area contributed by atoms with Gasteiger partial charge < -0.3 is 10.5 Å². The Kier molecular flexibility index (Phi) is 2.37. The van der Waals surface area contributed by atoms with Crippen molar-refractivity contribution in [3.63, 3.8) is 0 Å². The molecular weight excluding hydrogens is 228 g/mol. The third kappa shape index (κ3) is 1.66. The minimum atomic E-state index is 0.624. The summed E-state index contributed by atoms with van der Waals surface area (Å²) in [5, 5.41) is 8.06. The topological polar surface area (TPSA) is 76.8 Å². The number of nitrogens with one attached hydrogen (secondary N) is 1. The maximum atomic E-state index is 5.75. The first kappa shape index (κ1) is 10.6. The third-order valence-electron chi connectivity index (χ3n) is 2.81. The standard InChI is InChI=1S/C13H12N4O/c1-18-10-4-2-8(3-5-10)12-11-6-9(14)7-15-13(11)17-16-12/h2-7H,14H2,1H3,(H,15,16,17). The van der Waals surface area contributed by atoms with Crippen LogP contribution in [0.1, 0.15) is 0 Å². The Morgan fingerprint density at radius 3 is 2.72 bits per heavy atom. The molecule has 18 heavy (non-hydrogen) atoms. The fourth-order valence-electron chi connectivity index (χ4n) is 1.89. The molecule has 5 heteroatoms. The number of rotatable bonds is 2. The summed E-state index contributed by atoms with van der Waals surface area (Å²) in [6, 6.07) is 9.61. The number of nitrogens with zero attached hydrogens (tertiary/aromatic N) is 2. The van der Waals surface area contributed by atoms with Crippen LogP contribution < -0.4 is 10.5 Å². The van der Waals surface area contributed by atoms with Gasteiger partial charge >= 0.3 is 0 Å². The summed E-state index contributed by atoms with van der Waals surface area (Å²) in [5.41, 5.74) is 8.97. The van der Waals surface area contributed by atoms with Crippen LogP contribution in [0.5, 0.6) is 5.75 Å². The number of nitrogen functional groups attached to an aromatic ring is 1. The average molecular weight is 240 g/mol. The lowest BCUT2D eigenvalue weighted by molar-refractivity contribution is 0.415. The highest BCUT2D eigenvalue weighted by atomic mass is 16.5. The van der Waals surface area contributed by atoms with E-state index in [4.69, 9.17) is 10.5 Å². The number of hydrogen-bond acceptors (Lipinski definition) is 4. The van der Waals surface area contributed by atoms with Gasteiger partial charge in [0.1, 0.15) is 5.75 Å². The van der Waals surface area contributed by atoms with E-state index in [-0.39, 0.29) is 0 Å². The van der Waals surface area contributed by atoms with Crippen LogP contribution in [0.25, 0.3) is 22.3 Å². The molecule has 1 aromatic carbocycles. The van der Waals surface area contributed by atoms with Gasteiger partial charge in [-0.1, -0.05) is 0 Å². The van der Waals surface area contributed by atoms with Crippen molar-refractivity contribution in [1.29, 1.82) is 0 Å². The smallest absolute Gasteiger partial charge is 0.181 e. The van der Waals surface area contributed by atoms with E-state index in [1.165, 1.54) is 0 Å². The maximum Gasteiger partial charge on any atom is 0.181 e. The molecule has 0 atom stereocenters. The number of benzene rings is 1. The molecule has 0 unspecified atom stereocenters. The Bertz CT molecular complexity index is 688. The van der Waals surface area contributed by atoms with Gasteiger partial charge in [-0.2, -0.15) is 5.10 Å². The lowest BCUT2D eigenvalue weighted by Gasteiger charge is -2.02. The molecule has 90 valence electrons. The van der Waals surface area contributed by atoms with Gasteiger partial charge in [-0.25, -0.2) is 4.98 Å². The second kappa shape index (κ2) is 4.03. The van der Waals surface area contributed by atoms with Crippen LogP contribution in [0.15, 0.2) is 36.5 Å². The zero-order chi connectivity index (χ0) is 12.5. The third-order valence-corrected chi connectivity index (χ3v) is 2.81. The van der Waals surface area contributed by atoms with E-state index in [1.54, 1.807) is 13.3 Å². The Labute approximate surface area is 104 Å². The number of ether oxygens (including phenoxy) is 1. The van der Waals surface area contributed by atoms with E-state index in [9.17, 15) is 0 Å². The summed E-state index contributed by atoms with van der Waals surface area (Å²) in [5.74, 6) is 0.820. The number of nitrogens with two attached hydrogens (primary N) is 1. The molecule has 2 aromatic heterocycles. The molecule has 0 aliphatic rings. The van der Waals surface area contributed by atoms with Gasteiger partial charge in [0.05, 0.1) is 24.7 Å². The second-order valence-corrected chi connectivity index (χ2v) is 3.97. The summed E-state index contributed by atoms with van der Waals surface area (Å²) < 4.78 is 5.13. The fourth-order valence-corrected chi connectivity index (χ4v) is 1.89. The van der Waals surface area contributed by atoms with Crippen molar-refractivity contribution in [2.24, 2.45) is 0 Å². The van der Waals surface area contributed by atoms with Gasteiger partial charge in [-0.3, -0.25) is 5.10 Å². The molecular formula is C13H12N4O. The number of hydrogen-bond donors (Lipinski definition) is 2. The number of aromatic amines is 1.